The second-order valence-corrected chi connectivity index (χ2v) is 4.25. The summed E-state index contributed by atoms with van der Waals surface area (Å²) >= 11 is 5.63. The lowest BCUT2D eigenvalue weighted by Gasteiger charge is -2.04. The number of nitrogens with zero attached hydrogens (tertiary/aromatic N) is 1. The van der Waals surface area contributed by atoms with E-state index in [0.717, 1.165) is 6.07 Å². The fourth-order valence-corrected chi connectivity index (χ4v) is 1.76. The maximum absolute atomic E-state index is 13.5. The van der Waals surface area contributed by atoms with Crippen LogP contribution in [0, 0.1) is 5.82 Å². The number of hydrogen-bond acceptors (Lipinski definition) is 3. The van der Waals surface area contributed by atoms with Gasteiger partial charge in [-0.2, -0.15) is 0 Å². The number of aromatic nitrogens is 1. The van der Waals surface area contributed by atoms with Crippen molar-refractivity contribution in [3.8, 4) is 0 Å². The maximum atomic E-state index is 13.5. The summed E-state index contributed by atoms with van der Waals surface area (Å²) in [5.41, 5.74) is 6.23. The van der Waals surface area contributed by atoms with Gasteiger partial charge in [-0.15, -0.1) is 0 Å². The quantitative estimate of drug-likeness (QED) is 0.868. The number of nitrogens with two attached hydrogens (primary N) is 1. The molecule has 0 aliphatic carbocycles. The van der Waals surface area contributed by atoms with Gasteiger partial charge in [-0.05, 0) is 35.9 Å². The number of benzene rings is 1. The van der Waals surface area contributed by atoms with Gasteiger partial charge in [-0.3, -0.25) is 4.79 Å². The summed E-state index contributed by atoms with van der Waals surface area (Å²) < 4.78 is 13.5. The molecule has 1 aromatic heterocycles. The highest BCUT2D eigenvalue weighted by atomic mass is 35.5. The minimum absolute atomic E-state index is 0.0229. The molecule has 0 aliphatic rings. The number of carbonyl (C=O) groups is 1. The molecule has 2 aromatic rings. The Balaban J connectivity index is 2.22. The number of rotatable bonds is 3. The van der Waals surface area contributed by atoms with E-state index in [1.165, 1.54) is 18.3 Å². The summed E-state index contributed by atoms with van der Waals surface area (Å²) in [6.45, 7) is 0. The molecule has 0 amide bonds. The lowest BCUT2D eigenvalue weighted by Crippen LogP contribution is -2.06. The first-order valence-corrected chi connectivity index (χ1v) is 5.63. The molecule has 92 valence electrons. The predicted molar refractivity (Wildman–Crippen MR) is 68.1 cm³/mol. The first kappa shape index (κ1) is 12.5. The lowest BCUT2D eigenvalue weighted by molar-refractivity contribution is 0.0989. The lowest BCUT2D eigenvalue weighted by atomic mass is 10.0. The van der Waals surface area contributed by atoms with E-state index < -0.39 is 5.82 Å². The number of halogens is 2. The average Bonchev–Trinajstić information content (AvgIpc) is 2.28. The summed E-state index contributed by atoms with van der Waals surface area (Å²) in [5, 5.41) is 0.261. The number of hydrogen-bond donors (Lipinski definition) is 1. The van der Waals surface area contributed by atoms with Gasteiger partial charge in [-0.25, -0.2) is 9.37 Å². The van der Waals surface area contributed by atoms with Crippen molar-refractivity contribution in [2.45, 2.75) is 6.42 Å². The Morgan fingerprint density at radius 1 is 1.33 bits per heavy atom. The van der Waals surface area contributed by atoms with Crippen LogP contribution < -0.4 is 5.73 Å². The minimum atomic E-state index is -0.616. The number of Topliss-reactive ketones (excluding diaryl/α,β-unsaturated/α-hetero) is 1. The molecule has 0 atom stereocenters. The normalized spacial score (nSPS) is 10.3. The molecule has 0 spiro atoms. The highest BCUT2D eigenvalue weighted by Crippen LogP contribution is 2.17. The summed E-state index contributed by atoms with van der Waals surface area (Å²) in [6, 6.07) is 7.24. The fraction of sp³-hybridized carbons (Fsp3) is 0.0769. The van der Waals surface area contributed by atoms with Crippen LogP contribution in [-0.2, 0) is 6.42 Å². The van der Waals surface area contributed by atoms with Crippen LogP contribution in [0.4, 0.5) is 10.2 Å². The molecule has 5 heteroatoms. The van der Waals surface area contributed by atoms with Crippen molar-refractivity contribution in [3.63, 3.8) is 0 Å². The molecule has 0 saturated carbocycles. The van der Waals surface area contributed by atoms with Crippen LogP contribution in [0.1, 0.15) is 15.9 Å². The van der Waals surface area contributed by atoms with E-state index >= 15 is 0 Å². The van der Waals surface area contributed by atoms with E-state index in [1.54, 1.807) is 12.1 Å². The monoisotopic (exact) mass is 264 g/mol. The Kier molecular flexibility index (Phi) is 3.58. The molecule has 0 bridgehead atoms. The standard InChI is InChI=1S/C13H10ClFN2O/c14-9-1-2-10(11(15)7-9)12(18)5-8-3-4-17-13(16)6-8/h1-4,6-7H,5H2,(H2,16,17). The summed E-state index contributed by atoms with van der Waals surface area (Å²) in [7, 11) is 0. The Bertz CT molecular complexity index is 601. The van der Waals surface area contributed by atoms with Crippen LogP contribution in [-0.4, -0.2) is 10.8 Å². The summed E-state index contributed by atoms with van der Waals surface area (Å²) in [4.78, 5) is 15.7. The second kappa shape index (κ2) is 5.14. The molecule has 0 aliphatic heterocycles. The fourth-order valence-electron chi connectivity index (χ4n) is 1.60. The van der Waals surface area contributed by atoms with Gasteiger partial charge >= 0.3 is 0 Å². The van der Waals surface area contributed by atoms with Gasteiger partial charge in [0.25, 0.3) is 0 Å². The number of ketones is 1. The van der Waals surface area contributed by atoms with E-state index in [9.17, 15) is 9.18 Å². The molecular weight excluding hydrogens is 255 g/mol. The summed E-state index contributed by atoms with van der Waals surface area (Å²) in [6.07, 6.45) is 1.58. The second-order valence-electron chi connectivity index (χ2n) is 3.81. The molecule has 2 rings (SSSR count). The van der Waals surface area contributed by atoms with Gasteiger partial charge < -0.3 is 5.73 Å². The molecular formula is C13H10ClFN2O. The molecule has 2 N–H and O–H groups in total. The van der Waals surface area contributed by atoms with Crippen molar-refractivity contribution in [2.24, 2.45) is 0 Å². The molecule has 0 saturated heterocycles. The van der Waals surface area contributed by atoms with Gasteiger partial charge in [0, 0.05) is 17.6 Å². The maximum Gasteiger partial charge on any atom is 0.170 e. The van der Waals surface area contributed by atoms with E-state index in [1.807, 2.05) is 0 Å². The smallest absolute Gasteiger partial charge is 0.170 e. The third kappa shape index (κ3) is 2.84. The van der Waals surface area contributed by atoms with E-state index in [2.05, 4.69) is 4.98 Å². The Morgan fingerprint density at radius 2 is 2.11 bits per heavy atom. The van der Waals surface area contributed by atoms with Crippen molar-refractivity contribution in [1.82, 2.24) is 4.98 Å². The van der Waals surface area contributed by atoms with E-state index in [-0.39, 0.29) is 22.8 Å². The van der Waals surface area contributed by atoms with Crippen molar-refractivity contribution < 1.29 is 9.18 Å². The van der Waals surface area contributed by atoms with Gasteiger partial charge in [-0.1, -0.05) is 11.6 Å². The SMILES string of the molecule is Nc1cc(CC(=O)c2ccc(Cl)cc2F)ccn1. The molecule has 1 aromatic carbocycles. The van der Waals surface area contributed by atoms with Crippen LogP contribution in [0.5, 0.6) is 0 Å². The van der Waals surface area contributed by atoms with Crippen LogP contribution in [0.2, 0.25) is 5.02 Å². The predicted octanol–water partition coefficient (Wildman–Crippen LogP) is 2.88. The van der Waals surface area contributed by atoms with Crippen LogP contribution in [0.3, 0.4) is 0 Å². The molecule has 1 heterocycles. The largest absolute Gasteiger partial charge is 0.384 e. The van der Waals surface area contributed by atoms with Crippen molar-refractivity contribution in [3.05, 3.63) is 58.5 Å². The molecule has 0 radical (unpaired) electrons. The van der Waals surface area contributed by atoms with Crippen molar-refractivity contribution >= 4 is 23.2 Å². The molecule has 18 heavy (non-hydrogen) atoms. The van der Waals surface area contributed by atoms with E-state index in [4.69, 9.17) is 17.3 Å². The first-order valence-electron chi connectivity index (χ1n) is 5.25. The van der Waals surface area contributed by atoms with Gasteiger partial charge in [0.05, 0.1) is 5.56 Å². The summed E-state index contributed by atoms with van der Waals surface area (Å²) in [5.74, 6) is -0.610. The van der Waals surface area contributed by atoms with Crippen molar-refractivity contribution in [2.75, 3.05) is 5.73 Å². The molecule has 0 unspecified atom stereocenters. The molecule has 0 fully saturated rings. The number of carbonyl (C=O) groups excluding carboxylic acids is 1. The zero-order chi connectivity index (χ0) is 13.1. The number of anilines is 1. The van der Waals surface area contributed by atoms with Crippen LogP contribution in [0.15, 0.2) is 36.5 Å². The zero-order valence-electron chi connectivity index (χ0n) is 9.36. The van der Waals surface area contributed by atoms with Gasteiger partial charge in [0.15, 0.2) is 5.78 Å². The third-order valence-electron chi connectivity index (χ3n) is 2.44. The molecule has 3 nitrogen and oxygen atoms in total. The number of nitrogen functional groups attached to an aromatic ring is 1. The minimum Gasteiger partial charge on any atom is -0.384 e. The highest BCUT2D eigenvalue weighted by molar-refractivity contribution is 6.30. The van der Waals surface area contributed by atoms with Crippen LogP contribution >= 0.6 is 11.6 Å². The van der Waals surface area contributed by atoms with Gasteiger partial charge in [0.2, 0.25) is 0 Å². The highest BCUT2D eigenvalue weighted by Gasteiger charge is 2.12. The Labute approximate surface area is 108 Å². The van der Waals surface area contributed by atoms with Gasteiger partial charge in [0.1, 0.15) is 11.6 Å². The third-order valence-corrected chi connectivity index (χ3v) is 2.68. The number of pyridine rings is 1. The first-order chi connectivity index (χ1) is 8.56. The van der Waals surface area contributed by atoms with Crippen LogP contribution in [0.25, 0.3) is 0 Å². The van der Waals surface area contributed by atoms with E-state index in [0.29, 0.717) is 11.4 Å². The zero-order valence-corrected chi connectivity index (χ0v) is 10.1. The van der Waals surface area contributed by atoms with Crippen molar-refractivity contribution in [1.29, 1.82) is 0 Å². The topological polar surface area (TPSA) is 56.0 Å². The average molecular weight is 265 g/mol. The Morgan fingerprint density at radius 3 is 2.78 bits per heavy atom. The Hall–Kier alpha value is -1.94.